The van der Waals surface area contributed by atoms with Crippen molar-refractivity contribution < 1.29 is 0 Å². The molecule has 266 valence electrons. The van der Waals surface area contributed by atoms with Crippen molar-refractivity contribution in [1.29, 1.82) is 0 Å². The molecular formula is C52H33N3SSi. The Bertz CT molecular complexity index is 3310. The monoisotopic (exact) mass is 759 g/mol. The van der Waals surface area contributed by atoms with Crippen molar-refractivity contribution >= 4 is 82.3 Å². The number of rotatable bonds is 5. The predicted octanol–water partition coefficient (Wildman–Crippen LogP) is 10.6. The standard InChI is InChI=1S/C52H33N3SSi/c1-4-17-34(18-5-1)49-48-42-27-12-15-30-46(42)57(37-21-6-2-7-22-37,38-23-8-3-9-24-38)52(48)54-51(53-49)35-19-16-20-36(33-35)55-43-28-13-10-25-39(43)40-31-32-45-47(50(40)55)41-26-11-14-29-44(41)56-45/h1-33H. The fourth-order valence-electron chi connectivity index (χ4n) is 9.52. The summed E-state index contributed by atoms with van der Waals surface area (Å²) in [5.41, 5.74) is 8.92. The van der Waals surface area contributed by atoms with E-state index in [0.717, 1.165) is 39.2 Å². The fourth-order valence-corrected chi connectivity index (χ4v) is 15.6. The molecule has 0 fully saturated rings. The van der Waals surface area contributed by atoms with Gasteiger partial charge in [0.1, 0.15) is 0 Å². The highest BCUT2D eigenvalue weighted by molar-refractivity contribution is 7.26. The lowest BCUT2D eigenvalue weighted by Gasteiger charge is -2.30. The lowest BCUT2D eigenvalue weighted by Crippen LogP contribution is -2.73. The zero-order valence-corrected chi connectivity index (χ0v) is 32.6. The summed E-state index contributed by atoms with van der Waals surface area (Å²) in [6.45, 7) is 0. The summed E-state index contributed by atoms with van der Waals surface area (Å²) in [4.78, 5) is 11.4. The van der Waals surface area contributed by atoms with E-state index in [2.05, 4.69) is 205 Å². The third-order valence-electron chi connectivity index (χ3n) is 11.9. The molecule has 0 saturated carbocycles. The number of benzene rings is 8. The molecule has 1 aliphatic rings. The van der Waals surface area contributed by atoms with Gasteiger partial charge in [0.05, 0.1) is 22.0 Å². The molecule has 12 rings (SSSR count). The van der Waals surface area contributed by atoms with Gasteiger partial charge in [0.25, 0.3) is 0 Å². The summed E-state index contributed by atoms with van der Waals surface area (Å²) in [7, 11) is -2.90. The maximum absolute atomic E-state index is 5.80. The van der Waals surface area contributed by atoms with Crippen molar-refractivity contribution in [3.05, 3.63) is 200 Å². The molecule has 11 aromatic rings. The second kappa shape index (κ2) is 12.5. The molecular weight excluding hydrogens is 727 g/mol. The lowest BCUT2D eigenvalue weighted by molar-refractivity contribution is 1.17. The van der Waals surface area contributed by atoms with Gasteiger partial charge in [0.2, 0.25) is 8.07 Å². The number of thiophene rings is 1. The maximum atomic E-state index is 5.80. The maximum Gasteiger partial charge on any atom is 0.203 e. The number of hydrogen-bond donors (Lipinski definition) is 0. The predicted molar refractivity (Wildman–Crippen MR) is 243 cm³/mol. The van der Waals surface area contributed by atoms with E-state index in [1.165, 1.54) is 63.1 Å². The van der Waals surface area contributed by atoms with Gasteiger partial charge in [-0.25, -0.2) is 9.97 Å². The molecule has 0 aliphatic carbocycles. The van der Waals surface area contributed by atoms with Crippen molar-refractivity contribution in [3.63, 3.8) is 0 Å². The van der Waals surface area contributed by atoms with Crippen LogP contribution >= 0.6 is 11.3 Å². The van der Waals surface area contributed by atoms with Crippen LogP contribution in [0.5, 0.6) is 0 Å². The second-order valence-electron chi connectivity index (χ2n) is 14.8. The van der Waals surface area contributed by atoms with Crippen LogP contribution in [0.2, 0.25) is 0 Å². The van der Waals surface area contributed by atoms with Crippen LogP contribution in [-0.2, 0) is 0 Å². The van der Waals surface area contributed by atoms with E-state index in [4.69, 9.17) is 9.97 Å². The summed E-state index contributed by atoms with van der Waals surface area (Å²) in [5, 5.41) is 10.2. The fraction of sp³-hybridized carbons (Fsp3) is 0. The van der Waals surface area contributed by atoms with Crippen molar-refractivity contribution in [3.8, 4) is 39.5 Å². The van der Waals surface area contributed by atoms with Crippen LogP contribution in [-0.4, -0.2) is 22.6 Å². The largest absolute Gasteiger partial charge is 0.309 e. The molecule has 0 bridgehead atoms. The molecule has 0 radical (unpaired) electrons. The molecule has 0 amide bonds. The normalized spacial score (nSPS) is 13.1. The van der Waals surface area contributed by atoms with Gasteiger partial charge in [-0.05, 0) is 51.5 Å². The Morgan fingerprint density at radius 2 is 1.12 bits per heavy atom. The average Bonchev–Trinajstić information content (AvgIpc) is 3.93. The summed E-state index contributed by atoms with van der Waals surface area (Å²) < 4.78 is 5.06. The van der Waals surface area contributed by atoms with Crippen LogP contribution in [0.3, 0.4) is 0 Å². The molecule has 0 saturated heterocycles. The van der Waals surface area contributed by atoms with Crippen LogP contribution in [0.15, 0.2) is 200 Å². The summed E-state index contributed by atoms with van der Waals surface area (Å²) >= 11 is 1.86. The highest BCUT2D eigenvalue weighted by Gasteiger charge is 2.51. The topological polar surface area (TPSA) is 30.7 Å². The Morgan fingerprint density at radius 1 is 0.474 bits per heavy atom. The highest BCUT2D eigenvalue weighted by Crippen LogP contribution is 2.43. The molecule has 5 heteroatoms. The SMILES string of the molecule is c1ccc(-c2nc(-c3cccc(-n4c5ccccc5c5ccc6sc7ccccc7c6c54)c3)nc3c2-c2ccccc2[Si]3(c2ccccc2)c2ccccc2)cc1. The first kappa shape index (κ1) is 32.3. The molecule has 3 aromatic heterocycles. The molecule has 0 atom stereocenters. The van der Waals surface area contributed by atoms with Crippen LogP contribution < -0.4 is 20.9 Å². The number of para-hydroxylation sites is 1. The van der Waals surface area contributed by atoms with Crippen molar-refractivity contribution in [1.82, 2.24) is 14.5 Å². The van der Waals surface area contributed by atoms with Crippen LogP contribution in [0.25, 0.3) is 81.4 Å². The number of fused-ring (bicyclic) bond motifs is 10. The van der Waals surface area contributed by atoms with Crippen LogP contribution in [0.1, 0.15) is 0 Å². The molecule has 0 spiro atoms. The first-order valence-corrected chi connectivity index (χ1v) is 22.2. The minimum absolute atomic E-state index is 0.734. The quantitative estimate of drug-likeness (QED) is 0.164. The number of aromatic nitrogens is 3. The van der Waals surface area contributed by atoms with E-state index in [9.17, 15) is 0 Å². The van der Waals surface area contributed by atoms with Gasteiger partial charge in [0, 0.05) is 53.3 Å². The smallest absolute Gasteiger partial charge is 0.203 e. The van der Waals surface area contributed by atoms with E-state index in [1.54, 1.807) is 0 Å². The molecule has 4 heterocycles. The van der Waals surface area contributed by atoms with E-state index in [1.807, 2.05) is 11.3 Å². The Labute approximate surface area is 334 Å². The summed E-state index contributed by atoms with van der Waals surface area (Å²) in [5.74, 6) is 0.734. The molecule has 8 aromatic carbocycles. The zero-order valence-electron chi connectivity index (χ0n) is 30.8. The van der Waals surface area contributed by atoms with E-state index in [0.29, 0.717) is 0 Å². The Balaban J connectivity index is 1.17. The molecule has 3 nitrogen and oxygen atoms in total. The lowest BCUT2D eigenvalue weighted by atomic mass is 10.0. The molecule has 57 heavy (non-hydrogen) atoms. The summed E-state index contributed by atoms with van der Waals surface area (Å²) in [6, 6.07) is 72.9. The minimum atomic E-state index is -2.90. The van der Waals surface area contributed by atoms with Crippen LogP contribution in [0.4, 0.5) is 0 Å². The second-order valence-corrected chi connectivity index (χ2v) is 19.6. The summed E-state index contributed by atoms with van der Waals surface area (Å²) in [6.07, 6.45) is 0. The van der Waals surface area contributed by atoms with Gasteiger partial charge in [0.15, 0.2) is 5.82 Å². The van der Waals surface area contributed by atoms with Crippen molar-refractivity contribution in [2.24, 2.45) is 0 Å². The van der Waals surface area contributed by atoms with Gasteiger partial charge in [-0.1, -0.05) is 170 Å². The third kappa shape index (κ3) is 4.64. The average molecular weight is 760 g/mol. The number of nitrogens with zero attached hydrogens (tertiary/aromatic N) is 3. The Hall–Kier alpha value is -6.92. The van der Waals surface area contributed by atoms with E-state index in [-0.39, 0.29) is 0 Å². The number of hydrogen-bond acceptors (Lipinski definition) is 3. The Kier molecular flexibility index (Phi) is 7.12. The van der Waals surface area contributed by atoms with Gasteiger partial charge in [-0.3, -0.25) is 0 Å². The Morgan fingerprint density at radius 3 is 1.91 bits per heavy atom. The highest BCUT2D eigenvalue weighted by atomic mass is 32.1. The van der Waals surface area contributed by atoms with Gasteiger partial charge in [-0.15, -0.1) is 11.3 Å². The first-order chi connectivity index (χ1) is 28.3. The molecule has 1 aliphatic heterocycles. The van der Waals surface area contributed by atoms with E-state index >= 15 is 0 Å². The zero-order chi connectivity index (χ0) is 37.5. The van der Waals surface area contributed by atoms with Gasteiger partial charge in [-0.2, -0.15) is 0 Å². The minimum Gasteiger partial charge on any atom is -0.309 e. The van der Waals surface area contributed by atoms with Gasteiger partial charge < -0.3 is 4.57 Å². The van der Waals surface area contributed by atoms with Crippen molar-refractivity contribution in [2.75, 3.05) is 0 Å². The molecule has 0 N–H and O–H groups in total. The first-order valence-electron chi connectivity index (χ1n) is 19.4. The van der Waals surface area contributed by atoms with E-state index < -0.39 is 8.07 Å². The van der Waals surface area contributed by atoms with Crippen LogP contribution in [0, 0.1) is 0 Å². The third-order valence-corrected chi connectivity index (χ3v) is 17.7. The van der Waals surface area contributed by atoms with Gasteiger partial charge >= 0.3 is 0 Å². The van der Waals surface area contributed by atoms with Crippen molar-refractivity contribution in [2.45, 2.75) is 0 Å². The molecule has 0 unspecified atom stereocenters.